The van der Waals surface area contributed by atoms with Gasteiger partial charge in [0.1, 0.15) is 13.4 Å². The van der Waals surface area contributed by atoms with Crippen LogP contribution in [0.5, 0.6) is 0 Å². The fraction of sp³-hybridized carbons (Fsp3) is 0.538. The SMILES string of the molecule is Bc1cc2c([nH]c1=O)CCN(C(=O)OC(C)(C)C)C2. The van der Waals surface area contributed by atoms with Crippen molar-refractivity contribution in [1.29, 1.82) is 0 Å². The predicted octanol–water partition coefficient (Wildman–Crippen LogP) is -0.0735. The van der Waals surface area contributed by atoms with Crippen LogP contribution in [-0.2, 0) is 17.7 Å². The number of carbonyl (C=O) groups is 1. The molecule has 19 heavy (non-hydrogen) atoms. The zero-order valence-electron chi connectivity index (χ0n) is 11.9. The second-order valence-electron chi connectivity index (χ2n) is 5.94. The van der Waals surface area contributed by atoms with E-state index in [-0.39, 0.29) is 11.7 Å². The molecule has 1 amide bonds. The molecule has 102 valence electrons. The van der Waals surface area contributed by atoms with Gasteiger partial charge in [-0.25, -0.2) is 4.79 Å². The molecular formula is C13H19BN2O3. The van der Waals surface area contributed by atoms with Gasteiger partial charge in [-0.1, -0.05) is 6.07 Å². The third-order valence-electron chi connectivity index (χ3n) is 3.05. The molecule has 1 aliphatic rings. The van der Waals surface area contributed by atoms with E-state index in [4.69, 9.17) is 4.74 Å². The summed E-state index contributed by atoms with van der Waals surface area (Å²) in [4.78, 5) is 28.1. The Hall–Kier alpha value is -1.72. The third kappa shape index (κ3) is 3.19. The summed E-state index contributed by atoms with van der Waals surface area (Å²) in [5.74, 6) is 0. The minimum absolute atomic E-state index is 0.0514. The molecule has 6 heteroatoms. The number of ether oxygens (including phenoxy) is 1. The summed E-state index contributed by atoms with van der Waals surface area (Å²) in [6.45, 7) is 6.61. The molecule has 0 bridgehead atoms. The Morgan fingerprint density at radius 1 is 1.47 bits per heavy atom. The van der Waals surface area contributed by atoms with Crippen molar-refractivity contribution >= 4 is 19.4 Å². The Labute approximate surface area is 113 Å². The topological polar surface area (TPSA) is 62.4 Å². The second kappa shape index (κ2) is 4.76. The molecule has 1 aliphatic heterocycles. The van der Waals surface area contributed by atoms with E-state index in [1.54, 1.807) is 12.7 Å². The first-order valence-corrected chi connectivity index (χ1v) is 6.46. The second-order valence-corrected chi connectivity index (χ2v) is 5.94. The lowest BCUT2D eigenvalue weighted by Gasteiger charge is -2.31. The van der Waals surface area contributed by atoms with Crippen LogP contribution in [0, 0.1) is 0 Å². The predicted molar refractivity (Wildman–Crippen MR) is 75.6 cm³/mol. The van der Waals surface area contributed by atoms with Crippen LogP contribution in [0.1, 0.15) is 32.0 Å². The highest BCUT2D eigenvalue weighted by molar-refractivity contribution is 6.32. The van der Waals surface area contributed by atoms with Gasteiger partial charge in [-0.3, -0.25) is 4.79 Å². The van der Waals surface area contributed by atoms with Crippen molar-refractivity contribution in [1.82, 2.24) is 9.88 Å². The smallest absolute Gasteiger partial charge is 0.410 e. The van der Waals surface area contributed by atoms with Gasteiger partial charge < -0.3 is 14.6 Å². The van der Waals surface area contributed by atoms with Gasteiger partial charge in [-0.15, -0.1) is 0 Å². The maximum absolute atomic E-state index is 12.0. The Kier molecular flexibility index (Phi) is 3.43. The number of carbonyl (C=O) groups excluding carboxylic acids is 1. The Morgan fingerprint density at radius 2 is 2.16 bits per heavy atom. The lowest BCUT2D eigenvalue weighted by Crippen LogP contribution is -2.42. The van der Waals surface area contributed by atoms with Crippen molar-refractivity contribution in [3.8, 4) is 0 Å². The van der Waals surface area contributed by atoms with Crippen molar-refractivity contribution in [3.05, 3.63) is 27.7 Å². The maximum Gasteiger partial charge on any atom is 0.410 e. The van der Waals surface area contributed by atoms with Crippen LogP contribution in [0.2, 0.25) is 0 Å². The molecule has 5 nitrogen and oxygen atoms in total. The molecule has 0 aromatic carbocycles. The van der Waals surface area contributed by atoms with E-state index in [1.807, 2.05) is 26.8 Å². The summed E-state index contributed by atoms with van der Waals surface area (Å²) in [5.41, 5.74) is 2.05. The first kappa shape index (κ1) is 13.7. The van der Waals surface area contributed by atoms with E-state index < -0.39 is 5.60 Å². The number of nitrogens with one attached hydrogen (secondary N) is 1. The lowest BCUT2D eigenvalue weighted by atomic mass is 9.93. The van der Waals surface area contributed by atoms with E-state index in [0.717, 1.165) is 11.3 Å². The lowest BCUT2D eigenvalue weighted by molar-refractivity contribution is 0.0223. The van der Waals surface area contributed by atoms with Gasteiger partial charge in [0.15, 0.2) is 0 Å². The molecule has 0 fully saturated rings. The molecule has 0 atom stereocenters. The van der Waals surface area contributed by atoms with Crippen LogP contribution in [0.3, 0.4) is 0 Å². The van der Waals surface area contributed by atoms with Crippen molar-refractivity contribution in [2.45, 2.75) is 39.3 Å². The highest BCUT2D eigenvalue weighted by Crippen LogP contribution is 2.18. The molecule has 2 heterocycles. The Morgan fingerprint density at radius 3 is 2.79 bits per heavy atom. The van der Waals surface area contributed by atoms with Gasteiger partial charge in [0, 0.05) is 18.7 Å². The molecule has 0 radical (unpaired) electrons. The summed E-state index contributed by atoms with van der Waals surface area (Å²) in [7, 11) is 1.77. The van der Waals surface area contributed by atoms with Crippen LogP contribution >= 0.6 is 0 Å². The number of hydrogen-bond acceptors (Lipinski definition) is 3. The van der Waals surface area contributed by atoms with Crippen molar-refractivity contribution in [2.24, 2.45) is 0 Å². The number of aromatic nitrogens is 1. The minimum atomic E-state index is -0.488. The number of aromatic amines is 1. The van der Waals surface area contributed by atoms with Crippen LogP contribution in [0.15, 0.2) is 10.9 Å². The number of pyridine rings is 1. The maximum atomic E-state index is 12.0. The number of hydrogen-bond donors (Lipinski definition) is 1. The van der Waals surface area contributed by atoms with Crippen LogP contribution in [0.25, 0.3) is 0 Å². The van der Waals surface area contributed by atoms with E-state index in [0.29, 0.717) is 25.0 Å². The summed E-state index contributed by atoms with van der Waals surface area (Å²) in [6.07, 6.45) is 0.353. The largest absolute Gasteiger partial charge is 0.444 e. The quantitative estimate of drug-likeness (QED) is 0.665. The number of fused-ring (bicyclic) bond motifs is 1. The molecule has 1 N–H and O–H groups in total. The average Bonchev–Trinajstić information content (AvgIpc) is 2.27. The molecule has 0 saturated heterocycles. The summed E-state index contributed by atoms with van der Waals surface area (Å²) >= 11 is 0. The Balaban J connectivity index is 2.16. The highest BCUT2D eigenvalue weighted by Gasteiger charge is 2.26. The summed E-state index contributed by atoms with van der Waals surface area (Å²) in [6, 6.07) is 1.85. The number of amides is 1. The van der Waals surface area contributed by atoms with Crippen LogP contribution < -0.4 is 11.0 Å². The highest BCUT2D eigenvalue weighted by atomic mass is 16.6. The van der Waals surface area contributed by atoms with Crippen LogP contribution in [0.4, 0.5) is 4.79 Å². The van der Waals surface area contributed by atoms with Crippen molar-refractivity contribution in [3.63, 3.8) is 0 Å². The molecular weight excluding hydrogens is 243 g/mol. The molecule has 0 unspecified atom stereocenters. The fourth-order valence-electron chi connectivity index (χ4n) is 2.11. The zero-order chi connectivity index (χ0) is 14.2. The molecule has 1 aromatic rings. The standard InChI is InChI=1S/C13H19BN2O3/c1-13(2,3)19-12(18)16-5-4-10-8(7-16)6-9(14)11(17)15-10/h6H,4-5,7,14H2,1-3H3,(H,15,17). The van der Waals surface area contributed by atoms with E-state index >= 15 is 0 Å². The molecule has 0 spiro atoms. The van der Waals surface area contributed by atoms with E-state index in [2.05, 4.69) is 4.98 Å². The van der Waals surface area contributed by atoms with Gasteiger partial charge in [0.05, 0.1) is 6.54 Å². The molecule has 0 aliphatic carbocycles. The Bertz CT molecular complexity index is 560. The summed E-state index contributed by atoms with van der Waals surface area (Å²) in [5, 5.41) is 0. The average molecular weight is 262 g/mol. The fourth-order valence-corrected chi connectivity index (χ4v) is 2.11. The first-order valence-electron chi connectivity index (χ1n) is 6.46. The van der Waals surface area contributed by atoms with Crippen molar-refractivity contribution in [2.75, 3.05) is 6.54 Å². The molecule has 1 aromatic heterocycles. The van der Waals surface area contributed by atoms with Gasteiger partial charge in [-0.05, 0) is 31.8 Å². The first-order chi connectivity index (χ1) is 8.76. The zero-order valence-corrected chi connectivity index (χ0v) is 11.9. The van der Waals surface area contributed by atoms with E-state index in [9.17, 15) is 9.59 Å². The van der Waals surface area contributed by atoms with Gasteiger partial charge in [0.25, 0.3) is 0 Å². The van der Waals surface area contributed by atoms with Crippen LogP contribution in [-0.4, -0.2) is 36.0 Å². The van der Waals surface area contributed by atoms with Gasteiger partial charge in [0.2, 0.25) is 5.56 Å². The number of nitrogens with zero attached hydrogens (tertiary/aromatic N) is 1. The number of rotatable bonds is 0. The van der Waals surface area contributed by atoms with Gasteiger partial charge >= 0.3 is 6.09 Å². The van der Waals surface area contributed by atoms with Crippen molar-refractivity contribution < 1.29 is 9.53 Å². The molecule has 2 rings (SSSR count). The normalized spacial score (nSPS) is 15.0. The summed E-state index contributed by atoms with van der Waals surface area (Å²) < 4.78 is 5.36. The van der Waals surface area contributed by atoms with Gasteiger partial charge in [-0.2, -0.15) is 0 Å². The minimum Gasteiger partial charge on any atom is -0.444 e. The molecule has 0 saturated carbocycles. The third-order valence-corrected chi connectivity index (χ3v) is 3.05. The monoisotopic (exact) mass is 262 g/mol. The number of H-pyrrole nitrogens is 1. The van der Waals surface area contributed by atoms with E-state index in [1.165, 1.54) is 0 Å².